The maximum Gasteiger partial charge on any atom is 0.325 e. The average Bonchev–Trinajstić information content (AvgIpc) is 2.80. The number of hydrogen-bond donors (Lipinski definition) is 3. The van der Waals surface area contributed by atoms with Gasteiger partial charge in [0.05, 0.1) is 0 Å². The summed E-state index contributed by atoms with van der Waals surface area (Å²) in [5.41, 5.74) is 3.01. The monoisotopic (exact) mass is 243 g/mol. The second kappa shape index (κ2) is 4.18. The second-order valence-corrected chi connectivity index (χ2v) is 4.45. The smallest absolute Gasteiger partial charge is 0.325 e. The highest BCUT2D eigenvalue weighted by atomic mass is 16.2. The zero-order valence-electron chi connectivity index (χ0n) is 9.75. The Morgan fingerprint density at radius 1 is 1.11 bits per heavy atom. The first-order valence-electron chi connectivity index (χ1n) is 5.93. The summed E-state index contributed by atoms with van der Waals surface area (Å²) in [6.07, 6.45) is 4.80. The number of anilines is 2. The van der Waals surface area contributed by atoms with Gasteiger partial charge >= 0.3 is 5.69 Å². The molecule has 1 aromatic heterocycles. The Kier molecular flexibility index (Phi) is 2.51. The fourth-order valence-corrected chi connectivity index (χ4v) is 2.31. The Balaban J connectivity index is 1.93. The molecule has 2 aromatic rings. The summed E-state index contributed by atoms with van der Waals surface area (Å²) >= 11 is 0. The molecule has 1 aromatic carbocycles. The highest BCUT2D eigenvalue weighted by molar-refractivity contribution is 5.60. The van der Waals surface area contributed by atoms with Crippen molar-refractivity contribution in [1.29, 1.82) is 0 Å². The van der Waals surface area contributed by atoms with Crippen molar-refractivity contribution in [2.75, 3.05) is 5.32 Å². The third-order valence-corrected chi connectivity index (χ3v) is 3.20. The Labute approximate surface area is 103 Å². The van der Waals surface area contributed by atoms with Crippen LogP contribution in [0.15, 0.2) is 34.0 Å². The first-order chi connectivity index (χ1) is 8.72. The van der Waals surface area contributed by atoms with Crippen LogP contribution in [0.1, 0.15) is 17.5 Å². The van der Waals surface area contributed by atoms with E-state index in [1.807, 2.05) is 6.07 Å². The van der Waals surface area contributed by atoms with Gasteiger partial charge in [-0.05, 0) is 42.5 Å². The SMILES string of the molecule is O=c1[nH]cc(Nc2ccc3c(c2)CCC3)c(=O)[nH]1. The average molecular weight is 243 g/mol. The predicted octanol–water partition coefficient (Wildman–Crippen LogP) is 1.30. The van der Waals surface area contributed by atoms with Crippen LogP contribution in [0.2, 0.25) is 0 Å². The number of nitrogens with one attached hydrogen (secondary N) is 3. The van der Waals surface area contributed by atoms with Gasteiger partial charge in [-0.3, -0.25) is 9.78 Å². The quantitative estimate of drug-likeness (QED) is 0.743. The standard InChI is InChI=1S/C13H13N3O2/c17-12-11(7-14-13(18)16-12)15-10-5-4-8-2-1-3-9(8)6-10/h4-7,15H,1-3H2,(H2,14,16,17,18). The van der Waals surface area contributed by atoms with Crippen LogP contribution >= 0.6 is 0 Å². The number of rotatable bonds is 2. The fraction of sp³-hybridized carbons (Fsp3) is 0.231. The molecule has 5 heteroatoms. The van der Waals surface area contributed by atoms with Gasteiger partial charge in [0, 0.05) is 11.9 Å². The number of H-pyrrole nitrogens is 2. The van der Waals surface area contributed by atoms with Gasteiger partial charge in [-0.15, -0.1) is 0 Å². The first-order valence-corrected chi connectivity index (χ1v) is 5.93. The molecule has 18 heavy (non-hydrogen) atoms. The Bertz CT molecular complexity index is 700. The minimum absolute atomic E-state index is 0.340. The molecule has 0 aliphatic heterocycles. The molecule has 5 nitrogen and oxygen atoms in total. The van der Waals surface area contributed by atoms with Crippen molar-refractivity contribution in [3.8, 4) is 0 Å². The largest absolute Gasteiger partial charge is 0.350 e. The van der Waals surface area contributed by atoms with E-state index < -0.39 is 11.2 Å². The molecule has 1 aliphatic rings. The summed E-state index contributed by atoms with van der Waals surface area (Å²) in [6, 6.07) is 6.10. The van der Waals surface area contributed by atoms with Crippen LogP contribution < -0.4 is 16.6 Å². The van der Waals surface area contributed by atoms with E-state index in [-0.39, 0.29) is 0 Å². The van der Waals surface area contributed by atoms with Crippen molar-refractivity contribution in [2.24, 2.45) is 0 Å². The summed E-state index contributed by atoms with van der Waals surface area (Å²) in [7, 11) is 0. The van der Waals surface area contributed by atoms with E-state index in [0.29, 0.717) is 5.69 Å². The van der Waals surface area contributed by atoms with Gasteiger partial charge in [-0.2, -0.15) is 0 Å². The van der Waals surface area contributed by atoms with E-state index in [1.54, 1.807) is 0 Å². The van der Waals surface area contributed by atoms with Crippen LogP contribution in [0.5, 0.6) is 0 Å². The molecule has 1 heterocycles. The van der Waals surface area contributed by atoms with Crippen molar-refractivity contribution in [1.82, 2.24) is 9.97 Å². The zero-order valence-corrected chi connectivity index (χ0v) is 9.75. The Morgan fingerprint density at radius 3 is 2.78 bits per heavy atom. The van der Waals surface area contributed by atoms with E-state index in [2.05, 4.69) is 27.4 Å². The third kappa shape index (κ3) is 1.95. The van der Waals surface area contributed by atoms with Crippen LogP contribution in [0.3, 0.4) is 0 Å². The van der Waals surface area contributed by atoms with Gasteiger partial charge in [-0.1, -0.05) is 6.07 Å². The lowest BCUT2D eigenvalue weighted by molar-refractivity contribution is 0.912. The number of hydrogen-bond acceptors (Lipinski definition) is 3. The summed E-state index contributed by atoms with van der Waals surface area (Å²) in [5, 5.41) is 3.02. The van der Waals surface area contributed by atoms with Crippen molar-refractivity contribution in [3.05, 3.63) is 56.4 Å². The van der Waals surface area contributed by atoms with Crippen LogP contribution in [0, 0.1) is 0 Å². The van der Waals surface area contributed by atoms with Crippen LogP contribution in [-0.4, -0.2) is 9.97 Å². The highest BCUT2D eigenvalue weighted by Crippen LogP contribution is 2.25. The van der Waals surface area contributed by atoms with E-state index in [0.717, 1.165) is 18.5 Å². The molecule has 0 atom stereocenters. The number of aromatic amines is 2. The van der Waals surface area contributed by atoms with Crippen molar-refractivity contribution < 1.29 is 0 Å². The van der Waals surface area contributed by atoms with E-state index >= 15 is 0 Å². The lowest BCUT2D eigenvalue weighted by atomic mass is 10.1. The minimum Gasteiger partial charge on any atom is -0.350 e. The lowest BCUT2D eigenvalue weighted by Gasteiger charge is -2.07. The molecule has 3 N–H and O–H groups in total. The fourth-order valence-electron chi connectivity index (χ4n) is 2.31. The van der Waals surface area contributed by atoms with Crippen LogP contribution in [-0.2, 0) is 12.8 Å². The molecule has 0 bridgehead atoms. The Hall–Kier alpha value is -2.30. The van der Waals surface area contributed by atoms with Crippen LogP contribution in [0.25, 0.3) is 0 Å². The van der Waals surface area contributed by atoms with E-state index in [1.165, 1.54) is 23.7 Å². The van der Waals surface area contributed by atoms with Crippen molar-refractivity contribution in [3.63, 3.8) is 0 Å². The molecule has 1 aliphatic carbocycles. The molecule has 0 amide bonds. The number of fused-ring (bicyclic) bond motifs is 1. The predicted molar refractivity (Wildman–Crippen MR) is 69.4 cm³/mol. The topological polar surface area (TPSA) is 77.8 Å². The number of benzene rings is 1. The maximum atomic E-state index is 11.5. The molecule has 0 saturated heterocycles. The molecule has 0 unspecified atom stereocenters. The van der Waals surface area contributed by atoms with Gasteiger partial charge in [0.2, 0.25) is 0 Å². The molecule has 0 radical (unpaired) electrons. The molecular weight excluding hydrogens is 230 g/mol. The van der Waals surface area contributed by atoms with Gasteiger partial charge in [0.1, 0.15) is 5.69 Å². The molecule has 0 fully saturated rings. The number of aromatic nitrogens is 2. The zero-order chi connectivity index (χ0) is 12.5. The van der Waals surface area contributed by atoms with E-state index in [4.69, 9.17) is 0 Å². The molecule has 3 rings (SSSR count). The molecular formula is C13H13N3O2. The van der Waals surface area contributed by atoms with E-state index in [9.17, 15) is 9.59 Å². The van der Waals surface area contributed by atoms with Crippen molar-refractivity contribution in [2.45, 2.75) is 19.3 Å². The minimum atomic E-state index is -0.500. The maximum absolute atomic E-state index is 11.5. The summed E-state index contributed by atoms with van der Waals surface area (Å²) in [4.78, 5) is 27.1. The highest BCUT2D eigenvalue weighted by Gasteiger charge is 2.11. The third-order valence-electron chi connectivity index (χ3n) is 3.20. The summed E-state index contributed by atoms with van der Waals surface area (Å²) < 4.78 is 0. The molecule has 0 saturated carbocycles. The Morgan fingerprint density at radius 2 is 1.94 bits per heavy atom. The lowest BCUT2D eigenvalue weighted by Crippen LogP contribution is -2.23. The number of aryl methyl sites for hydroxylation is 2. The summed E-state index contributed by atoms with van der Waals surface area (Å²) in [5.74, 6) is 0. The second-order valence-electron chi connectivity index (χ2n) is 4.45. The van der Waals surface area contributed by atoms with Crippen LogP contribution in [0.4, 0.5) is 11.4 Å². The molecule has 92 valence electrons. The van der Waals surface area contributed by atoms with Gasteiger partial charge < -0.3 is 10.3 Å². The van der Waals surface area contributed by atoms with Gasteiger partial charge in [0.25, 0.3) is 5.56 Å². The molecule has 0 spiro atoms. The first kappa shape index (κ1) is 10.8. The van der Waals surface area contributed by atoms with Gasteiger partial charge in [-0.25, -0.2) is 4.79 Å². The van der Waals surface area contributed by atoms with Crippen molar-refractivity contribution >= 4 is 11.4 Å². The summed E-state index contributed by atoms with van der Waals surface area (Å²) in [6.45, 7) is 0. The van der Waals surface area contributed by atoms with Gasteiger partial charge in [0.15, 0.2) is 0 Å². The normalized spacial score (nSPS) is 13.3.